The lowest BCUT2D eigenvalue weighted by Gasteiger charge is -2.28. The second kappa shape index (κ2) is 5.49. The van der Waals surface area contributed by atoms with Crippen molar-refractivity contribution in [2.45, 2.75) is 20.3 Å². The van der Waals surface area contributed by atoms with Crippen molar-refractivity contribution >= 4 is 17.4 Å². The Bertz CT molecular complexity index is 561. The van der Waals surface area contributed by atoms with Crippen LogP contribution in [-0.4, -0.2) is 18.8 Å². The highest BCUT2D eigenvalue weighted by Gasteiger charge is 2.34. The van der Waals surface area contributed by atoms with Crippen molar-refractivity contribution in [2.24, 2.45) is 11.3 Å². The monoisotopic (exact) mass is 273 g/mol. The zero-order valence-electron chi connectivity index (χ0n) is 12.0. The van der Waals surface area contributed by atoms with E-state index in [-0.39, 0.29) is 17.1 Å². The highest BCUT2D eigenvalue weighted by atomic mass is 16.5. The molecule has 1 aromatic rings. The number of carbonyl (C=O) groups excluding carboxylic acids is 2. The molecule has 0 fully saturated rings. The van der Waals surface area contributed by atoms with E-state index in [1.807, 2.05) is 32.1 Å². The predicted molar refractivity (Wildman–Crippen MR) is 77.7 cm³/mol. The van der Waals surface area contributed by atoms with Gasteiger partial charge in [0.25, 0.3) is 0 Å². The van der Waals surface area contributed by atoms with E-state index in [2.05, 4.69) is 5.32 Å². The van der Waals surface area contributed by atoms with Gasteiger partial charge in [-0.1, -0.05) is 32.1 Å². The first-order valence-corrected chi connectivity index (χ1v) is 6.60. The molecular weight excluding hydrogens is 254 g/mol. The molecule has 0 bridgehead atoms. The van der Waals surface area contributed by atoms with Gasteiger partial charge in [0.15, 0.2) is 5.78 Å². The number of rotatable bonds is 3. The normalized spacial score (nSPS) is 20.6. The van der Waals surface area contributed by atoms with Crippen LogP contribution in [0.15, 0.2) is 36.4 Å². The summed E-state index contributed by atoms with van der Waals surface area (Å²) in [6, 6.07) is 7.16. The van der Waals surface area contributed by atoms with Crippen LogP contribution in [0.1, 0.15) is 20.3 Å². The largest absolute Gasteiger partial charge is 0.495 e. The Balaban J connectivity index is 2.16. The molecule has 1 N–H and O–H groups in total. The molecule has 0 spiro atoms. The number of methoxy groups -OCH3 is 1. The molecule has 1 amide bonds. The van der Waals surface area contributed by atoms with Crippen molar-refractivity contribution in [3.8, 4) is 5.75 Å². The summed E-state index contributed by atoms with van der Waals surface area (Å²) in [7, 11) is 1.54. The van der Waals surface area contributed by atoms with Crippen LogP contribution < -0.4 is 10.1 Å². The molecule has 0 saturated carbocycles. The van der Waals surface area contributed by atoms with Crippen LogP contribution in [0, 0.1) is 11.3 Å². The van der Waals surface area contributed by atoms with Crippen LogP contribution >= 0.6 is 0 Å². The predicted octanol–water partition coefficient (Wildman–Crippen LogP) is 2.81. The zero-order chi connectivity index (χ0) is 14.8. The first kappa shape index (κ1) is 14.3. The lowest BCUT2D eigenvalue weighted by molar-refractivity contribution is -0.130. The number of nitrogens with one attached hydrogen (secondary N) is 1. The van der Waals surface area contributed by atoms with Crippen LogP contribution in [-0.2, 0) is 9.59 Å². The summed E-state index contributed by atoms with van der Waals surface area (Å²) in [5, 5.41) is 2.78. The molecule has 0 aromatic heterocycles. The smallest absolute Gasteiger partial charge is 0.235 e. The number of allylic oxidation sites excluding steroid dienone is 2. The van der Waals surface area contributed by atoms with Gasteiger partial charge in [-0.3, -0.25) is 9.59 Å². The van der Waals surface area contributed by atoms with Crippen LogP contribution in [0.3, 0.4) is 0 Å². The first-order valence-electron chi connectivity index (χ1n) is 6.60. The molecule has 1 aliphatic carbocycles. The van der Waals surface area contributed by atoms with E-state index in [0.29, 0.717) is 17.9 Å². The third-order valence-electron chi connectivity index (χ3n) is 3.45. The minimum Gasteiger partial charge on any atom is -0.495 e. The highest BCUT2D eigenvalue weighted by Crippen LogP contribution is 2.33. The summed E-state index contributed by atoms with van der Waals surface area (Å²) >= 11 is 0. The van der Waals surface area contributed by atoms with Crippen LogP contribution in [0.5, 0.6) is 5.75 Å². The Morgan fingerprint density at radius 1 is 1.35 bits per heavy atom. The Kier molecular flexibility index (Phi) is 3.93. The maximum absolute atomic E-state index is 12.3. The Morgan fingerprint density at radius 3 is 2.75 bits per heavy atom. The molecule has 1 atom stereocenters. The topological polar surface area (TPSA) is 55.4 Å². The summed E-state index contributed by atoms with van der Waals surface area (Å²) in [5.74, 6) is -0.479. The van der Waals surface area contributed by atoms with Crippen molar-refractivity contribution in [2.75, 3.05) is 12.4 Å². The van der Waals surface area contributed by atoms with Gasteiger partial charge in [0, 0.05) is 0 Å². The lowest BCUT2D eigenvalue weighted by Crippen LogP contribution is -2.35. The fraction of sp³-hybridized carbons (Fsp3) is 0.375. The van der Waals surface area contributed by atoms with Crippen molar-refractivity contribution < 1.29 is 14.3 Å². The van der Waals surface area contributed by atoms with Crippen molar-refractivity contribution in [3.05, 3.63) is 36.4 Å². The van der Waals surface area contributed by atoms with Gasteiger partial charge in [-0.05, 0) is 30.0 Å². The quantitative estimate of drug-likeness (QED) is 0.862. The first-order chi connectivity index (χ1) is 9.43. The molecule has 0 heterocycles. The van der Waals surface area contributed by atoms with Gasteiger partial charge in [-0.15, -0.1) is 0 Å². The Labute approximate surface area is 118 Å². The minimum absolute atomic E-state index is 0.142. The SMILES string of the molecule is COc1ccccc1NC(=O)C1CC(C)(C)C=CC1=O. The number of anilines is 1. The lowest BCUT2D eigenvalue weighted by atomic mass is 9.76. The summed E-state index contributed by atoms with van der Waals surface area (Å²) in [6.45, 7) is 4.03. The molecule has 1 aliphatic rings. The number of amides is 1. The molecule has 106 valence electrons. The number of para-hydroxylation sites is 2. The number of benzene rings is 1. The molecule has 0 saturated heterocycles. The highest BCUT2D eigenvalue weighted by molar-refractivity contribution is 6.12. The zero-order valence-corrected chi connectivity index (χ0v) is 12.0. The fourth-order valence-electron chi connectivity index (χ4n) is 2.31. The van der Waals surface area contributed by atoms with Gasteiger partial charge in [0.05, 0.1) is 12.8 Å². The third-order valence-corrected chi connectivity index (χ3v) is 3.45. The Hall–Kier alpha value is -2.10. The molecule has 0 radical (unpaired) electrons. The minimum atomic E-state index is -0.639. The molecule has 1 unspecified atom stereocenters. The second-order valence-corrected chi connectivity index (χ2v) is 5.67. The maximum atomic E-state index is 12.3. The summed E-state index contributed by atoms with van der Waals surface area (Å²) in [4.78, 5) is 24.2. The van der Waals surface area contributed by atoms with Gasteiger partial charge in [0.1, 0.15) is 11.7 Å². The van der Waals surface area contributed by atoms with Gasteiger partial charge in [-0.2, -0.15) is 0 Å². The fourth-order valence-corrected chi connectivity index (χ4v) is 2.31. The molecule has 20 heavy (non-hydrogen) atoms. The van der Waals surface area contributed by atoms with Gasteiger partial charge in [0.2, 0.25) is 5.91 Å². The van der Waals surface area contributed by atoms with Crippen molar-refractivity contribution in [1.82, 2.24) is 0 Å². The number of ketones is 1. The molecule has 4 heteroatoms. The van der Waals surface area contributed by atoms with Gasteiger partial charge >= 0.3 is 0 Å². The van der Waals surface area contributed by atoms with Crippen molar-refractivity contribution in [1.29, 1.82) is 0 Å². The molecule has 4 nitrogen and oxygen atoms in total. The number of ether oxygens (including phenoxy) is 1. The average Bonchev–Trinajstić information content (AvgIpc) is 2.42. The second-order valence-electron chi connectivity index (χ2n) is 5.67. The number of carbonyl (C=O) groups is 2. The van der Waals surface area contributed by atoms with Crippen LogP contribution in [0.25, 0.3) is 0 Å². The van der Waals surface area contributed by atoms with E-state index in [1.54, 1.807) is 19.2 Å². The van der Waals surface area contributed by atoms with E-state index in [0.717, 1.165) is 0 Å². The van der Waals surface area contributed by atoms with Crippen LogP contribution in [0.4, 0.5) is 5.69 Å². The number of hydrogen-bond donors (Lipinski definition) is 1. The standard InChI is InChI=1S/C16H19NO3/c1-16(2)9-8-13(18)11(10-16)15(19)17-12-6-4-5-7-14(12)20-3/h4-9,11H,10H2,1-3H3,(H,17,19). The average molecular weight is 273 g/mol. The Morgan fingerprint density at radius 2 is 2.05 bits per heavy atom. The van der Waals surface area contributed by atoms with Crippen LogP contribution in [0.2, 0.25) is 0 Å². The number of hydrogen-bond acceptors (Lipinski definition) is 3. The van der Waals surface area contributed by atoms with E-state index in [4.69, 9.17) is 4.74 Å². The summed E-state index contributed by atoms with van der Waals surface area (Å²) in [6.07, 6.45) is 3.89. The van der Waals surface area contributed by atoms with E-state index < -0.39 is 5.92 Å². The van der Waals surface area contributed by atoms with E-state index in [1.165, 1.54) is 6.08 Å². The molecular formula is C16H19NO3. The van der Waals surface area contributed by atoms with Gasteiger partial charge < -0.3 is 10.1 Å². The van der Waals surface area contributed by atoms with Crippen molar-refractivity contribution in [3.63, 3.8) is 0 Å². The van der Waals surface area contributed by atoms with E-state index in [9.17, 15) is 9.59 Å². The maximum Gasteiger partial charge on any atom is 0.235 e. The summed E-state index contributed by atoms with van der Waals surface area (Å²) in [5.41, 5.74) is 0.441. The van der Waals surface area contributed by atoms with E-state index >= 15 is 0 Å². The molecule has 2 rings (SSSR count). The van der Waals surface area contributed by atoms with Gasteiger partial charge in [-0.25, -0.2) is 0 Å². The molecule has 0 aliphatic heterocycles. The molecule has 1 aromatic carbocycles. The third kappa shape index (κ3) is 3.07. The summed E-state index contributed by atoms with van der Waals surface area (Å²) < 4.78 is 5.19.